The molecule has 0 bridgehead atoms. The van der Waals surface area contributed by atoms with Crippen LogP contribution in [0.5, 0.6) is 5.75 Å². The summed E-state index contributed by atoms with van der Waals surface area (Å²) in [5.74, 6) is 0.808. The molecular weight excluding hydrogens is 242 g/mol. The second-order valence-electron chi connectivity index (χ2n) is 4.94. The normalized spacial score (nSPS) is 19.3. The van der Waals surface area contributed by atoms with Crippen LogP contribution in [-0.4, -0.2) is 61.9 Å². The number of nitrogens with one attached hydrogen (secondary N) is 1. The first-order valence-corrected chi connectivity index (χ1v) is 6.68. The number of likely N-dealkylation sites (N-methyl/N-ethyl adjacent to an activating group) is 1. The van der Waals surface area contributed by atoms with Crippen LogP contribution in [0.1, 0.15) is 11.7 Å². The molecule has 1 atom stereocenters. The van der Waals surface area contributed by atoms with Crippen LogP contribution in [0.3, 0.4) is 0 Å². The molecule has 0 radical (unpaired) electrons. The Bertz CT molecular complexity index is 375. The lowest BCUT2D eigenvalue weighted by Crippen LogP contribution is -2.51. The molecule has 19 heavy (non-hydrogen) atoms. The van der Waals surface area contributed by atoms with Gasteiger partial charge in [0.05, 0.1) is 13.2 Å². The van der Waals surface area contributed by atoms with Crippen molar-refractivity contribution in [1.29, 1.82) is 0 Å². The van der Waals surface area contributed by atoms with E-state index >= 15 is 0 Å². The van der Waals surface area contributed by atoms with Crippen LogP contribution in [0.2, 0.25) is 0 Å². The Morgan fingerprint density at radius 1 is 1.21 bits per heavy atom. The number of methoxy groups -OCH3 is 1. The number of hydrogen-bond acceptors (Lipinski definition) is 5. The van der Waals surface area contributed by atoms with Crippen LogP contribution < -0.4 is 10.2 Å². The molecule has 1 saturated heterocycles. The fourth-order valence-corrected chi connectivity index (χ4v) is 2.12. The Morgan fingerprint density at radius 2 is 1.84 bits per heavy atom. The number of rotatable bonds is 5. The zero-order valence-corrected chi connectivity index (χ0v) is 11.7. The third-order valence-corrected chi connectivity index (χ3v) is 3.51. The first kappa shape index (κ1) is 14.3. The van der Waals surface area contributed by atoms with Crippen molar-refractivity contribution in [3.63, 3.8) is 0 Å². The van der Waals surface area contributed by atoms with Gasteiger partial charge in [-0.15, -0.1) is 0 Å². The smallest absolute Gasteiger partial charge is 0.118 e. The van der Waals surface area contributed by atoms with Crippen LogP contribution in [-0.2, 0) is 0 Å². The topological polar surface area (TPSA) is 48.0 Å². The summed E-state index contributed by atoms with van der Waals surface area (Å²) in [6.07, 6.45) is -0.495. The molecule has 0 amide bonds. The van der Waals surface area contributed by atoms with E-state index in [0.29, 0.717) is 6.54 Å². The largest absolute Gasteiger partial charge is 0.497 e. The Morgan fingerprint density at radius 3 is 2.42 bits per heavy atom. The van der Waals surface area contributed by atoms with E-state index in [0.717, 1.165) is 37.5 Å². The van der Waals surface area contributed by atoms with Gasteiger partial charge in [0.1, 0.15) is 5.75 Å². The van der Waals surface area contributed by atoms with Crippen LogP contribution in [0.25, 0.3) is 0 Å². The highest BCUT2D eigenvalue weighted by molar-refractivity contribution is 5.28. The van der Waals surface area contributed by atoms with Crippen molar-refractivity contribution < 1.29 is 9.84 Å². The van der Waals surface area contributed by atoms with E-state index in [2.05, 4.69) is 22.4 Å². The molecule has 1 aromatic rings. The summed E-state index contributed by atoms with van der Waals surface area (Å²) in [4.78, 5) is 2.30. The molecule has 1 heterocycles. The maximum absolute atomic E-state index is 10.1. The minimum Gasteiger partial charge on any atom is -0.497 e. The lowest BCUT2D eigenvalue weighted by atomic mass is 10.1. The van der Waals surface area contributed by atoms with Crippen molar-refractivity contribution in [2.75, 3.05) is 46.9 Å². The maximum atomic E-state index is 10.1. The number of aliphatic hydroxyl groups excluding tert-OH is 1. The van der Waals surface area contributed by atoms with Crippen molar-refractivity contribution in [2.24, 2.45) is 0 Å². The molecular formula is C14H23N3O2. The molecule has 5 heteroatoms. The molecule has 1 fully saturated rings. The molecule has 0 saturated carbocycles. The highest BCUT2D eigenvalue weighted by atomic mass is 16.5. The van der Waals surface area contributed by atoms with E-state index in [1.54, 1.807) is 7.11 Å². The van der Waals surface area contributed by atoms with Crippen molar-refractivity contribution in [3.05, 3.63) is 29.8 Å². The lowest BCUT2D eigenvalue weighted by molar-refractivity contribution is 0.0744. The Labute approximate surface area is 114 Å². The second-order valence-corrected chi connectivity index (χ2v) is 4.94. The van der Waals surface area contributed by atoms with Gasteiger partial charge in [0, 0.05) is 32.7 Å². The third kappa shape index (κ3) is 4.18. The molecule has 5 nitrogen and oxygen atoms in total. The zero-order valence-electron chi connectivity index (χ0n) is 11.7. The molecule has 2 rings (SSSR count). The van der Waals surface area contributed by atoms with Gasteiger partial charge in [0.25, 0.3) is 0 Å². The van der Waals surface area contributed by atoms with Gasteiger partial charge in [-0.25, -0.2) is 5.01 Å². The van der Waals surface area contributed by atoms with Gasteiger partial charge >= 0.3 is 0 Å². The van der Waals surface area contributed by atoms with Gasteiger partial charge < -0.3 is 14.7 Å². The van der Waals surface area contributed by atoms with Gasteiger partial charge in [0.15, 0.2) is 0 Å². The van der Waals surface area contributed by atoms with E-state index in [1.807, 2.05) is 24.3 Å². The van der Waals surface area contributed by atoms with Gasteiger partial charge in [-0.2, -0.15) is 0 Å². The summed E-state index contributed by atoms with van der Waals surface area (Å²) >= 11 is 0. The second kappa shape index (κ2) is 6.86. The van der Waals surface area contributed by atoms with E-state index in [9.17, 15) is 5.11 Å². The predicted molar refractivity (Wildman–Crippen MR) is 75.0 cm³/mol. The van der Waals surface area contributed by atoms with Crippen molar-refractivity contribution >= 4 is 0 Å². The SMILES string of the molecule is COc1ccc(C(O)CNN2CCN(C)CC2)cc1. The van der Waals surface area contributed by atoms with Crippen LogP contribution in [0.15, 0.2) is 24.3 Å². The van der Waals surface area contributed by atoms with Gasteiger partial charge in [0.2, 0.25) is 0 Å². The number of aliphatic hydroxyl groups is 1. The number of hydrazine groups is 1. The average molecular weight is 265 g/mol. The van der Waals surface area contributed by atoms with Crippen molar-refractivity contribution in [1.82, 2.24) is 15.3 Å². The summed E-state index contributed by atoms with van der Waals surface area (Å²) in [5.41, 5.74) is 4.20. The molecule has 0 aliphatic carbocycles. The van der Waals surface area contributed by atoms with Crippen LogP contribution >= 0.6 is 0 Å². The Hall–Kier alpha value is -1.14. The van der Waals surface area contributed by atoms with Crippen LogP contribution in [0.4, 0.5) is 0 Å². The van der Waals surface area contributed by atoms with E-state index in [4.69, 9.17) is 4.74 Å². The summed E-state index contributed by atoms with van der Waals surface area (Å²) < 4.78 is 5.10. The Kier molecular flexibility index (Phi) is 5.15. The fraction of sp³-hybridized carbons (Fsp3) is 0.571. The first-order chi connectivity index (χ1) is 9.19. The third-order valence-electron chi connectivity index (χ3n) is 3.51. The fourth-order valence-electron chi connectivity index (χ4n) is 2.12. The van der Waals surface area contributed by atoms with E-state index in [1.165, 1.54) is 0 Å². The summed E-state index contributed by atoms with van der Waals surface area (Å²) in [5, 5.41) is 12.3. The highest BCUT2D eigenvalue weighted by Crippen LogP contribution is 2.17. The van der Waals surface area contributed by atoms with E-state index < -0.39 is 6.10 Å². The number of piperazine rings is 1. The lowest BCUT2D eigenvalue weighted by Gasteiger charge is -2.33. The highest BCUT2D eigenvalue weighted by Gasteiger charge is 2.15. The first-order valence-electron chi connectivity index (χ1n) is 6.68. The van der Waals surface area contributed by atoms with Crippen molar-refractivity contribution in [3.8, 4) is 5.75 Å². The van der Waals surface area contributed by atoms with E-state index in [-0.39, 0.29) is 0 Å². The molecule has 0 aromatic heterocycles. The number of benzene rings is 1. The van der Waals surface area contributed by atoms with Crippen LogP contribution in [0, 0.1) is 0 Å². The summed E-state index contributed by atoms with van der Waals surface area (Å²) in [6.45, 7) is 4.64. The minimum atomic E-state index is -0.495. The van der Waals surface area contributed by atoms with Gasteiger partial charge in [-0.1, -0.05) is 12.1 Å². The number of hydrogen-bond donors (Lipinski definition) is 2. The zero-order chi connectivity index (χ0) is 13.7. The molecule has 1 aliphatic heterocycles. The maximum Gasteiger partial charge on any atom is 0.118 e. The average Bonchev–Trinajstić information content (AvgIpc) is 2.46. The van der Waals surface area contributed by atoms with Crippen molar-refractivity contribution in [2.45, 2.75) is 6.10 Å². The number of nitrogens with zero attached hydrogens (tertiary/aromatic N) is 2. The molecule has 106 valence electrons. The van der Waals surface area contributed by atoms with Gasteiger partial charge in [-0.3, -0.25) is 5.43 Å². The molecule has 1 unspecified atom stereocenters. The number of ether oxygens (including phenoxy) is 1. The summed E-state index contributed by atoms with van der Waals surface area (Å²) in [6, 6.07) is 7.53. The molecule has 1 aromatic carbocycles. The Balaban J connectivity index is 1.78. The predicted octanol–water partition coefficient (Wildman–Crippen LogP) is 0.481. The molecule has 0 spiro atoms. The molecule has 2 N–H and O–H groups in total. The molecule has 1 aliphatic rings. The van der Waals surface area contributed by atoms with Gasteiger partial charge in [-0.05, 0) is 24.7 Å². The summed E-state index contributed by atoms with van der Waals surface area (Å²) in [7, 11) is 3.77. The standard InChI is InChI=1S/C14H23N3O2/c1-16-7-9-17(10-8-16)15-11-14(18)12-3-5-13(19-2)6-4-12/h3-6,14-15,18H,7-11H2,1-2H3. The minimum absolute atomic E-state index is 0.495. The monoisotopic (exact) mass is 265 g/mol. The quantitative estimate of drug-likeness (QED) is 0.811.